The molecule has 136 valence electrons. The number of aryl methyl sites for hydroxylation is 1. The Morgan fingerprint density at radius 3 is 2.92 bits per heavy atom. The second kappa shape index (κ2) is 7.85. The molecule has 25 heavy (non-hydrogen) atoms. The first-order valence-corrected chi connectivity index (χ1v) is 9.76. The summed E-state index contributed by atoms with van der Waals surface area (Å²) in [5, 5.41) is 4.51. The Morgan fingerprint density at radius 2 is 2.16 bits per heavy atom. The van der Waals surface area contributed by atoms with Gasteiger partial charge in [-0.1, -0.05) is 13.8 Å². The molecule has 1 N–H and O–H groups in total. The minimum Gasteiger partial charge on any atom is -0.461 e. The number of hydrogen-bond acceptors (Lipinski definition) is 7. The minimum absolute atomic E-state index is 0.211. The SMILES string of the molecule is Cc1c(C(=O)OCC(C)C)sc2nc(Cl)nc(N3CCCNCC3)c12. The maximum absolute atomic E-state index is 12.5. The number of thiophene rings is 1. The quantitative estimate of drug-likeness (QED) is 0.646. The third-order valence-electron chi connectivity index (χ3n) is 4.12. The van der Waals surface area contributed by atoms with E-state index in [1.54, 1.807) is 0 Å². The van der Waals surface area contributed by atoms with Crippen molar-refractivity contribution in [2.24, 2.45) is 5.92 Å². The van der Waals surface area contributed by atoms with Crippen molar-refractivity contribution in [1.29, 1.82) is 0 Å². The zero-order valence-electron chi connectivity index (χ0n) is 14.8. The molecule has 0 atom stereocenters. The largest absolute Gasteiger partial charge is 0.461 e. The molecule has 3 rings (SSSR count). The normalized spacial score (nSPS) is 15.6. The first-order chi connectivity index (χ1) is 12.0. The standard InChI is InChI=1S/C17H23ClN4O2S/c1-10(2)9-24-16(23)13-11(3)12-14(20-17(18)21-15(12)25-13)22-7-4-5-19-6-8-22/h10,19H,4-9H2,1-3H3. The van der Waals surface area contributed by atoms with Crippen molar-refractivity contribution < 1.29 is 9.53 Å². The van der Waals surface area contributed by atoms with E-state index in [1.807, 2.05) is 20.8 Å². The molecule has 1 aliphatic heterocycles. The van der Waals surface area contributed by atoms with Crippen molar-refractivity contribution in [2.45, 2.75) is 27.2 Å². The fourth-order valence-corrected chi connectivity index (χ4v) is 4.17. The molecule has 8 heteroatoms. The Morgan fingerprint density at radius 1 is 1.36 bits per heavy atom. The van der Waals surface area contributed by atoms with Gasteiger partial charge in [0.15, 0.2) is 0 Å². The molecule has 1 aliphatic rings. The van der Waals surface area contributed by atoms with E-state index in [4.69, 9.17) is 16.3 Å². The van der Waals surface area contributed by atoms with Crippen molar-refractivity contribution in [3.8, 4) is 0 Å². The lowest BCUT2D eigenvalue weighted by Crippen LogP contribution is -2.29. The minimum atomic E-state index is -0.297. The van der Waals surface area contributed by atoms with Gasteiger partial charge in [-0.3, -0.25) is 0 Å². The second-order valence-electron chi connectivity index (χ2n) is 6.64. The molecule has 0 spiro atoms. The van der Waals surface area contributed by atoms with Gasteiger partial charge >= 0.3 is 5.97 Å². The predicted molar refractivity (Wildman–Crippen MR) is 102 cm³/mol. The van der Waals surface area contributed by atoms with Crippen molar-refractivity contribution in [3.63, 3.8) is 0 Å². The molecule has 0 radical (unpaired) electrons. The monoisotopic (exact) mass is 382 g/mol. The zero-order chi connectivity index (χ0) is 18.0. The summed E-state index contributed by atoms with van der Waals surface area (Å²) in [7, 11) is 0. The van der Waals surface area contributed by atoms with E-state index in [9.17, 15) is 4.79 Å². The highest BCUT2D eigenvalue weighted by Crippen LogP contribution is 2.36. The summed E-state index contributed by atoms with van der Waals surface area (Å²) >= 11 is 7.48. The molecule has 0 bridgehead atoms. The summed E-state index contributed by atoms with van der Waals surface area (Å²) in [6, 6.07) is 0. The van der Waals surface area contributed by atoms with Crippen molar-refractivity contribution in [3.05, 3.63) is 15.7 Å². The van der Waals surface area contributed by atoms with Gasteiger partial charge in [0.05, 0.1) is 12.0 Å². The Kier molecular flexibility index (Phi) is 5.76. The number of fused-ring (bicyclic) bond motifs is 1. The van der Waals surface area contributed by atoms with E-state index < -0.39 is 0 Å². The van der Waals surface area contributed by atoms with Gasteiger partial charge in [-0.2, -0.15) is 4.98 Å². The number of rotatable bonds is 4. The lowest BCUT2D eigenvalue weighted by atomic mass is 10.2. The van der Waals surface area contributed by atoms with Gasteiger partial charge in [0, 0.05) is 19.6 Å². The van der Waals surface area contributed by atoms with Crippen LogP contribution in [0.5, 0.6) is 0 Å². The third-order valence-corrected chi connectivity index (χ3v) is 5.45. The van der Waals surface area contributed by atoms with Crippen LogP contribution in [-0.2, 0) is 4.74 Å². The van der Waals surface area contributed by atoms with Crippen LogP contribution in [0, 0.1) is 12.8 Å². The molecule has 1 saturated heterocycles. The molecule has 2 aromatic heterocycles. The van der Waals surface area contributed by atoms with Gasteiger partial charge in [0.25, 0.3) is 0 Å². The Hall–Kier alpha value is -1.44. The zero-order valence-corrected chi connectivity index (χ0v) is 16.3. The number of ether oxygens (including phenoxy) is 1. The molecule has 0 unspecified atom stereocenters. The number of anilines is 1. The highest BCUT2D eigenvalue weighted by atomic mass is 35.5. The van der Waals surface area contributed by atoms with Crippen LogP contribution in [0.4, 0.5) is 5.82 Å². The van der Waals surface area contributed by atoms with Crippen LogP contribution in [0.15, 0.2) is 0 Å². The van der Waals surface area contributed by atoms with Gasteiger partial charge in [-0.15, -0.1) is 11.3 Å². The van der Waals surface area contributed by atoms with Gasteiger partial charge < -0.3 is 15.0 Å². The van der Waals surface area contributed by atoms with E-state index >= 15 is 0 Å². The summed E-state index contributed by atoms with van der Waals surface area (Å²) in [6.45, 7) is 10.0. The van der Waals surface area contributed by atoms with Crippen LogP contribution in [0.2, 0.25) is 5.28 Å². The molecule has 0 amide bonds. The summed E-state index contributed by atoms with van der Waals surface area (Å²) in [5.41, 5.74) is 0.873. The highest BCUT2D eigenvalue weighted by Gasteiger charge is 2.24. The average Bonchev–Trinajstić information content (AvgIpc) is 2.76. The van der Waals surface area contributed by atoms with Gasteiger partial charge in [0.1, 0.15) is 15.5 Å². The van der Waals surface area contributed by atoms with Crippen molar-refractivity contribution in [1.82, 2.24) is 15.3 Å². The lowest BCUT2D eigenvalue weighted by molar-refractivity contribution is 0.0464. The first-order valence-electron chi connectivity index (χ1n) is 8.56. The summed E-state index contributed by atoms with van der Waals surface area (Å²) in [4.78, 5) is 24.8. The molecular formula is C17H23ClN4O2S. The first kappa shape index (κ1) is 18.4. The number of esters is 1. The Balaban J connectivity index is 2.01. The molecule has 1 fully saturated rings. The third kappa shape index (κ3) is 4.04. The fraction of sp³-hybridized carbons (Fsp3) is 0.588. The van der Waals surface area contributed by atoms with Crippen LogP contribution < -0.4 is 10.2 Å². The van der Waals surface area contributed by atoms with Crippen molar-refractivity contribution in [2.75, 3.05) is 37.7 Å². The van der Waals surface area contributed by atoms with Crippen LogP contribution in [0.3, 0.4) is 0 Å². The van der Waals surface area contributed by atoms with Crippen LogP contribution >= 0.6 is 22.9 Å². The molecule has 2 aromatic rings. The molecular weight excluding hydrogens is 360 g/mol. The Labute approximate surface area is 156 Å². The van der Waals surface area contributed by atoms with Gasteiger partial charge in [-0.05, 0) is 43.0 Å². The van der Waals surface area contributed by atoms with Crippen molar-refractivity contribution >= 4 is 44.9 Å². The van der Waals surface area contributed by atoms with Crippen LogP contribution in [-0.4, -0.2) is 48.7 Å². The fourth-order valence-electron chi connectivity index (χ4n) is 2.88. The topological polar surface area (TPSA) is 67.3 Å². The van der Waals surface area contributed by atoms with Crippen LogP contribution in [0.1, 0.15) is 35.5 Å². The Bertz CT molecular complexity index is 770. The predicted octanol–water partition coefficient (Wildman–Crippen LogP) is 3.27. The van der Waals surface area contributed by atoms with Gasteiger partial charge in [0.2, 0.25) is 5.28 Å². The van der Waals surface area contributed by atoms with E-state index in [1.165, 1.54) is 11.3 Å². The highest BCUT2D eigenvalue weighted by molar-refractivity contribution is 7.20. The number of nitrogens with one attached hydrogen (secondary N) is 1. The van der Waals surface area contributed by atoms with E-state index in [0.29, 0.717) is 17.4 Å². The maximum Gasteiger partial charge on any atom is 0.348 e. The number of hydrogen-bond donors (Lipinski definition) is 1. The lowest BCUT2D eigenvalue weighted by Gasteiger charge is -2.22. The number of aromatic nitrogens is 2. The van der Waals surface area contributed by atoms with E-state index in [-0.39, 0.29) is 11.3 Å². The molecule has 6 nitrogen and oxygen atoms in total. The number of nitrogens with zero attached hydrogens (tertiary/aromatic N) is 3. The number of carbonyl (C=O) groups excluding carboxylic acids is 1. The number of halogens is 1. The summed E-state index contributed by atoms with van der Waals surface area (Å²) in [5.74, 6) is 0.817. The molecule has 0 aromatic carbocycles. The molecule has 0 saturated carbocycles. The number of carbonyl (C=O) groups is 1. The maximum atomic E-state index is 12.5. The summed E-state index contributed by atoms with van der Waals surface area (Å²) < 4.78 is 5.40. The van der Waals surface area contributed by atoms with E-state index in [2.05, 4.69) is 20.2 Å². The second-order valence-corrected chi connectivity index (χ2v) is 7.97. The van der Waals surface area contributed by atoms with Gasteiger partial charge in [-0.25, -0.2) is 9.78 Å². The molecule has 0 aliphatic carbocycles. The van der Waals surface area contributed by atoms with E-state index in [0.717, 1.165) is 54.2 Å². The molecule has 3 heterocycles. The summed E-state index contributed by atoms with van der Waals surface area (Å²) in [6.07, 6.45) is 1.04. The average molecular weight is 383 g/mol. The van der Waals surface area contributed by atoms with Crippen LogP contribution in [0.25, 0.3) is 10.2 Å². The smallest absolute Gasteiger partial charge is 0.348 e.